The molecule has 0 atom stereocenters. The third kappa shape index (κ3) is 2.06. The van der Waals surface area contributed by atoms with Gasteiger partial charge < -0.3 is 5.73 Å². The van der Waals surface area contributed by atoms with Gasteiger partial charge in [-0.2, -0.15) is 0 Å². The van der Waals surface area contributed by atoms with Crippen LogP contribution in [-0.4, -0.2) is 15.3 Å². The molecule has 0 bridgehead atoms. The van der Waals surface area contributed by atoms with Crippen molar-refractivity contribution in [1.82, 2.24) is 9.55 Å². The van der Waals surface area contributed by atoms with Gasteiger partial charge in [0.1, 0.15) is 17.8 Å². The molecule has 0 fully saturated rings. The zero-order chi connectivity index (χ0) is 16.0. The van der Waals surface area contributed by atoms with Crippen LogP contribution in [-0.2, 0) is 6.42 Å². The van der Waals surface area contributed by atoms with Crippen LogP contribution in [0.5, 0.6) is 0 Å². The van der Waals surface area contributed by atoms with Crippen LogP contribution in [0.3, 0.4) is 0 Å². The number of carbonyl (C=O) groups excluding carboxylic acids is 1. The number of anilines is 1. The molecule has 114 valence electrons. The molecule has 1 aliphatic rings. The van der Waals surface area contributed by atoms with E-state index in [1.165, 1.54) is 24.1 Å². The summed E-state index contributed by atoms with van der Waals surface area (Å²) >= 11 is 0. The van der Waals surface area contributed by atoms with Crippen LogP contribution < -0.4 is 16.6 Å². The second kappa shape index (κ2) is 4.96. The predicted octanol–water partition coefficient (Wildman–Crippen LogP) is 1.64. The van der Waals surface area contributed by atoms with E-state index < -0.39 is 5.82 Å². The monoisotopic (exact) mass is 301 g/mol. The van der Waals surface area contributed by atoms with Crippen molar-refractivity contribution in [3.05, 3.63) is 53.1 Å². The van der Waals surface area contributed by atoms with E-state index in [1.807, 2.05) is 0 Å². The molecule has 2 aromatic rings. The molecule has 1 aliphatic heterocycles. The first-order chi connectivity index (χ1) is 10.4. The van der Waals surface area contributed by atoms with Crippen molar-refractivity contribution in [2.24, 2.45) is 11.6 Å². The zero-order valence-corrected chi connectivity index (χ0v) is 12.3. The van der Waals surface area contributed by atoms with Gasteiger partial charge in [0, 0.05) is 25.1 Å². The van der Waals surface area contributed by atoms with E-state index in [9.17, 15) is 9.18 Å². The van der Waals surface area contributed by atoms with Crippen molar-refractivity contribution >= 4 is 11.5 Å². The number of nitrogens with zero attached hydrogens (tertiary/aromatic N) is 3. The summed E-state index contributed by atoms with van der Waals surface area (Å²) in [7, 11) is 0. The standard InChI is InChI=1S/C15H16FN5O/c1-8(17)12-6-14-15(9(2)22)19-7-20(14)11-4-3-10(16)5-13(11)21(12)18/h3-5,7H,6,17-18H2,1-2H3/b12-8-. The zero-order valence-electron chi connectivity index (χ0n) is 12.3. The summed E-state index contributed by atoms with van der Waals surface area (Å²) in [5.41, 5.74) is 9.20. The number of Topliss-reactive ketones (excluding diaryl/α,β-unsaturated/α-hetero) is 1. The lowest BCUT2D eigenvalue weighted by Crippen LogP contribution is -2.32. The largest absolute Gasteiger partial charge is 0.401 e. The number of imidazole rings is 1. The van der Waals surface area contributed by atoms with Crippen molar-refractivity contribution in [2.75, 3.05) is 5.01 Å². The quantitative estimate of drug-likeness (QED) is 0.617. The Labute approximate surface area is 126 Å². The molecule has 0 unspecified atom stereocenters. The van der Waals surface area contributed by atoms with E-state index in [-0.39, 0.29) is 5.78 Å². The first-order valence-corrected chi connectivity index (χ1v) is 6.77. The van der Waals surface area contributed by atoms with Crippen molar-refractivity contribution in [3.63, 3.8) is 0 Å². The molecule has 4 N–H and O–H groups in total. The Hall–Kier alpha value is -2.67. The SMILES string of the molecule is CC(=O)c1ncn2c1C/C(=C(\C)N)N(N)c1cc(F)ccc1-2. The minimum absolute atomic E-state index is 0.142. The molecular weight excluding hydrogens is 285 g/mol. The number of nitrogens with two attached hydrogens (primary N) is 2. The molecule has 1 aromatic heterocycles. The molecule has 3 rings (SSSR count). The number of benzene rings is 1. The van der Waals surface area contributed by atoms with Crippen molar-refractivity contribution in [3.8, 4) is 5.69 Å². The molecular formula is C15H16FN5O. The molecule has 1 aromatic carbocycles. The van der Waals surface area contributed by atoms with E-state index in [1.54, 1.807) is 23.9 Å². The lowest BCUT2D eigenvalue weighted by molar-refractivity contribution is 0.101. The number of fused-ring (bicyclic) bond motifs is 3. The summed E-state index contributed by atoms with van der Waals surface area (Å²) in [5.74, 6) is 5.59. The van der Waals surface area contributed by atoms with Gasteiger partial charge in [0.15, 0.2) is 5.78 Å². The lowest BCUT2D eigenvalue weighted by Gasteiger charge is -2.22. The van der Waals surface area contributed by atoms with Gasteiger partial charge in [-0.15, -0.1) is 0 Å². The summed E-state index contributed by atoms with van der Waals surface area (Å²) < 4.78 is 15.4. The highest BCUT2D eigenvalue weighted by Gasteiger charge is 2.26. The van der Waals surface area contributed by atoms with Gasteiger partial charge in [-0.05, 0) is 19.1 Å². The molecule has 2 heterocycles. The average molecular weight is 301 g/mol. The molecule has 0 aliphatic carbocycles. The number of hydrazine groups is 1. The number of hydrogen-bond donors (Lipinski definition) is 2. The van der Waals surface area contributed by atoms with Crippen LogP contribution >= 0.6 is 0 Å². The maximum Gasteiger partial charge on any atom is 0.179 e. The average Bonchev–Trinajstić information content (AvgIpc) is 2.82. The van der Waals surface area contributed by atoms with Crippen LogP contribution in [0, 0.1) is 5.82 Å². The molecule has 6 nitrogen and oxygen atoms in total. The third-order valence-corrected chi connectivity index (χ3v) is 3.74. The van der Waals surface area contributed by atoms with Crippen LogP contribution in [0.1, 0.15) is 30.0 Å². The van der Waals surface area contributed by atoms with Gasteiger partial charge >= 0.3 is 0 Å². The number of allylic oxidation sites excluding steroid dienone is 2. The van der Waals surface area contributed by atoms with Gasteiger partial charge in [0.05, 0.1) is 22.8 Å². The smallest absolute Gasteiger partial charge is 0.179 e. The van der Waals surface area contributed by atoms with Gasteiger partial charge in [0.2, 0.25) is 0 Å². The van der Waals surface area contributed by atoms with Gasteiger partial charge in [-0.3, -0.25) is 14.4 Å². The Bertz CT molecular complexity index is 804. The Morgan fingerprint density at radius 2 is 2.05 bits per heavy atom. The van der Waals surface area contributed by atoms with Gasteiger partial charge in [-0.1, -0.05) is 0 Å². The van der Waals surface area contributed by atoms with E-state index in [0.717, 1.165) is 0 Å². The molecule has 0 spiro atoms. The first kappa shape index (κ1) is 14.3. The van der Waals surface area contributed by atoms with Crippen molar-refractivity contribution < 1.29 is 9.18 Å². The highest BCUT2D eigenvalue weighted by Crippen LogP contribution is 2.33. The molecule has 0 saturated carbocycles. The van der Waals surface area contributed by atoms with Crippen molar-refractivity contribution in [1.29, 1.82) is 0 Å². The van der Waals surface area contributed by atoms with Crippen LogP contribution in [0.15, 0.2) is 35.9 Å². The maximum atomic E-state index is 13.6. The molecule has 7 heteroatoms. The van der Waals surface area contributed by atoms with E-state index in [0.29, 0.717) is 40.6 Å². The van der Waals surface area contributed by atoms with E-state index in [2.05, 4.69) is 4.98 Å². The summed E-state index contributed by atoms with van der Waals surface area (Å²) in [6, 6.07) is 4.28. The van der Waals surface area contributed by atoms with Crippen LogP contribution in [0.4, 0.5) is 10.1 Å². The van der Waals surface area contributed by atoms with Crippen LogP contribution in [0.2, 0.25) is 0 Å². The summed E-state index contributed by atoms with van der Waals surface area (Å²) in [6.45, 7) is 3.17. The minimum atomic E-state index is -0.404. The van der Waals surface area contributed by atoms with E-state index in [4.69, 9.17) is 11.6 Å². The first-order valence-electron chi connectivity index (χ1n) is 6.77. The Morgan fingerprint density at radius 3 is 2.68 bits per heavy atom. The number of carbonyl (C=O) groups is 1. The second-order valence-corrected chi connectivity index (χ2v) is 5.28. The topological polar surface area (TPSA) is 90.2 Å². The molecule has 22 heavy (non-hydrogen) atoms. The second-order valence-electron chi connectivity index (χ2n) is 5.28. The minimum Gasteiger partial charge on any atom is -0.401 e. The number of hydrogen-bond acceptors (Lipinski definition) is 5. The fraction of sp³-hybridized carbons (Fsp3) is 0.200. The third-order valence-electron chi connectivity index (χ3n) is 3.74. The highest BCUT2D eigenvalue weighted by atomic mass is 19.1. The predicted molar refractivity (Wildman–Crippen MR) is 80.8 cm³/mol. The van der Waals surface area contributed by atoms with Crippen molar-refractivity contribution in [2.45, 2.75) is 20.3 Å². The Morgan fingerprint density at radius 1 is 1.32 bits per heavy atom. The van der Waals surface area contributed by atoms with Crippen LogP contribution in [0.25, 0.3) is 5.69 Å². The fourth-order valence-electron chi connectivity index (χ4n) is 2.66. The lowest BCUT2D eigenvalue weighted by atomic mass is 10.1. The van der Waals surface area contributed by atoms with E-state index >= 15 is 0 Å². The van der Waals surface area contributed by atoms with Gasteiger partial charge in [-0.25, -0.2) is 15.2 Å². The highest BCUT2D eigenvalue weighted by molar-refractivity contribution is 5.93. The summed E-state index contributed by atoms with van der Waals surface area (Å²) in [6.07, 6.45) is 1.88. The normalized spacial score (nSPS) is 15.9. The number of ketones is 1. The Balaban J connectivity index is 2.35. The number of aromatic nitrogens is 2. The summed E-state index contributed by atoms with van der Waals surface area (Å²) in [4.78, 5) is 16.0. The Kier molecular flexibility index (Phi) is 3.22. The summed E-state index contributed by atoms with van der Waals surface area (Å²) in [5, 5.41) is 1.37. The number of rotatable bonds is 1. The number of halogens is 1. The fourth-order valence-corrected chi connectivity index (χ4v) is 2.66. The molecule has 0 amide bonds. The maximum absolute atomic E-state index is 13.6. The molecule has 0 saturated heterocycles. The van der Waals surface area contributed by atoms with Gasteiger partial charge in [0.25, 0.3) is 0 Å². The molecule has 0 radical (unpaired) electrons.